The molecule has 2 fully saturated rings. The SMILES string of the molecule is NC(=O)OC1(c2ccc(OC3CCC(F)(F)CC3)cc2)CC1. The minimum Gasteiger partial charge on any atom is -0.490 e. The van der Waals surface area contributed by atoms with E-state index in [0.29, 0.717) is 18.6 Å². The molecule has 1 aromatic carbocycles. The summed E-state index contributed by atoms with van der Waals surface area (Å²) < 4.78 is 37.1. The summed E-state index contributed by atoms with van der Waals surface area (Å²) in [6, 6.07) is 7.24. The van der Waals surface area contributed by atoms with Gasteiger partial charge in [0.15, 0.2) is 0 Å². The standard InChI is InChI=1S/C16H19F2NO3/c17-16(18)7-5-13(6-8-16)21-12-3-1-11(2-4-12)15(9-10-15)22-14(19)20/h1-4,13H,5-10H2,(H2,19,20). The van der Waals surface area contributed by atoms with Crippen molar-refractivity contribution in [1.29, 1.82) is 0 Å². The summed E-state index contributed by atoms with van der Waals surface area (Å²) in [6.07, 6.45) is 1.06. The minimum absolute atomic E-state index is 0.120. The van der Waals surface area contributed by atoms with E-state index in [1.807, 2.05) is 12.1 Å². The predicted octanol–water partition coefficient (Wildman–Crippen LogP) is 3.73. The lowest BCUT2D eigenvalue weighted by Crippen LogP contribution is -2.30. The molecule has 2 N–H and O–H groups in total. The number of rotatable bonds is 4. The van der Waals surface area contributed by atoms with Crippen LogP contribution in [-0.4, -0.2) is 18.1 Å². The van der Waals surface area contributed by atoms with Crippen LogP contribution >= 0.6 is 0 Å². The molecule has 2 saturated carbocycles. The number of hydrogen-bond acceptors (Lipinski definition) is 3. The molecule has 0 spiro atoms. The van der Waals surface area contributed by atoms with Gasteiger partial charge in [-0.05, 0) is 43.4 Å². The minimum atomic E-state index is -2.55. The number of hydrogen-bond donors (Lipinski definition) is 1. The molecule has 3 rings (SSSR count). The van der Waals surface area contributed by atoms with Crippen molar-refractivity contribution in [3.8, 4) is 5.75 Å². The lowest BCUT2D eigenvalue weighted by molar-refractivity contribution is -0.0582. The molecule has 0 saturated heterocycles. The summed E-state index contributed by atoms with van der Waals surface area (Å²) in [4.78, 5) is 10.9. The third-order valence-electron chi connectivity index (χ3n) is 4.35. The Kier molecular flexibility index (Phi) is 3.70. The van der Waals surface area contributed by atoms with Crippen LogP contribution in [0.1, 0.15) is 44.1 Å². The Morgan fingerprint density at radius 2 is 1.68 bits per heavy atom. The Bertz CT molecular complexity index is 545. The Labute approximate surface area is 127 Å². The monoisotopic (exact) mass is 311 g/mol. The van der Waals surface area contributed by atoms with Gasteiger partial charge in [0.25, 0.3) is 0 Å². The highest BCUT2D eigenvalue weighted by Crippen LogP contribution is 2.49. The largest absolute Gasteiger partial charge is 0.490 e. The van der Waals surface area contributed by atoms with E-state index in [4.69, 9.17) is 15.2 Å². The highest BCUT2D eigenvalue weighted by Gasteiger charge is 2.48. The first kappa shape index (κ1) is 15.1. The summed E-state index contributed by atoms with van der Waals surface area (Å²) in [5, 5.41) is 0. The van der Waals surface area contributed by atoms with Crippen LogP contribution < -0.4 is 10.5 Å². The summed E-state index contributed by atoms with van der Waals surface area (Å²) in [7, 11) is 0. The van der Waals surface area contributed by atoms with Crippen LogP contribution in [0.3, 0.4) is 0 Å². The second kappa shape index (κ2) is 5.41. The summed E-state index contributed by atoms with van der Waals surface area (Å²) >= 11 is 0. The topological polar surface area (TPSA) is 61.6 Å². The van der Waals surface area contributed by atoms with E-state index < -0.39 is 17.6 Å². The van der Waals surface area contributed by atoms with Gasteiger partial charge in [-0.25, -0.2) is 13.6 Å². The number of ether oxygens (including phenoxy) is 2. The molecule has 22 heavy (non-hydrogen) atoms. The van der Waals surface area contributed by atoms with E-state index in [2.05, 4.69) is 0 Å². The molecule has 6 heteroatoms. The number of carbonyl (C=O) groups is 1. The normalized spacial score (nSPS) is 22.8. The fraction of sp³-hybridized carbons (Fsp3) is 0.562. The number of amides is 1. The quantitative estimate of drug-likeness (QED) is 0.921. The van der Waals surface area contributed by atoms with Crippen molar-refractivity contribution >= 4 is 6.09 Å². The maximum Gasteiger partial charge on any atom is 0.405 e. The Morgan fingerprint density at radius 1 is 1.09 bits per heavy atom. The van der Waals surface area contributed by atoms with Crippen molar-refractivity contribution in [2.45, 2.75) is 56.2 Å². The van der Waals surface area contributed by atoms with Crippen molar-refractivity contribution < 1.29 is 23.0 Å². The molecule has 4 nitrogen and oxygen atoms in total. The van der Waals surface area contributed by atoms with Gasteiger partial charge >= 0.3 is 6.09 Å². The second-order valence-corrected chi connectivity index (χ2v) is 6.11. The molecule has 2 aliphatic carbocycles. The fourth-order valence-corrected chi connectivity index (χ4v) is 2.92. The van der Waals surface area contributed by atoms with Gasteiger partial charge in [-0.1, -0.05) is 12.1 Å². The number of alkyl halides is 2. The van der Waals surface area contributed by atoms with Gasteiger partial charge in [0, 0.05) is 12.8 Å². The fourth-order valence-electron chi connectivity index (χ4n) is 2.92. The van der Waals surface area contributed by atoms with E-state index in [-0.39, 0.29) is 18.9 Å². The lowest BCUT2D eigenvalue weighted by atomic mass is 9.94. The zero-order valence-corrected chi connectivity index (χ0v) is 12.2. The molecule has 0 atom stereocenters. The first-order valence-corrected chi connectivity index (χ1v) is 7.52. The Balaban J connectivity index is 1.60. The first-order chi connectivity index (χ1) is 10.4. The van der Waals surface area contributed by atoms with E-state index >= 15 is 0 Å². The number of primary amides is 1. The number of carbonyl (C=O) groups excluding carboxylic acids is 1. The van der Waals surface area contributed by atoms with Crippen molar-refractivity contribution in [3.05, 3.63) is 29.8 Å². The molecule has 1 aromatic rings. The Morgan fingerprint density at radius 3 is 2.18 bits per heavy atom. The molecular weight excluding hydrogens is 292 g/mol. The third kappa shape index (κ3) is 3.31. The van der Waals surface area contributed by atoms with Gasteiger partial charge in [-0.2, -0.15) is 0 Å². The van der Waals surface area contributed by atoms with Crippen molar-refractivity contribution in [3.63, 3.8) is 0 Å². The van der Waals surface area contributed by atoms with E-state index in [9.17, 15) is 13.6 Å². The predicted molar refractivity (Wildman–Crippen MR) is 75.9 cm³/mol. The van der Waals surface area contributed by atoms with Crippen LogP contribution in [0.5, 0.6) is 5.75 Å². The zero-order chi connectivity index (χ0) is 15.8. The molecular formula is C16H19F2NO3. The second-order valence-electron chi connectivity index (χ2n) is 6.11. The summed E-state index contributed by atoms with van der Waals surface area (Å²) in [5.41, 5.74) is 5.38. The zero-order valence-electron chi connectivity index (χ0n) is 12.2. The first-order valence-electron chi connectivity index (χ1n) is 7.52. The highest BCUT2D eigenvalue weighted by molar-refractivity contribution is 5.66. The molecule has 2 aliphatic rings. The molecule has 0 heterocycles. The number of halogens is 2. The van der Waals surface area contributed by atoms with E-state index in [1.54, 1.807) is 12.1 Å². The summed E-state index contributed by atoms with van der Waals surface area (Å²) in [5.74, 6) is -1.90. The van der Waals surface area contributed by atoms with Gasteiger partial charge in [0.05, 0.1) is 6.10 Å². The average Bonchev–Trinajstić information content (AvgIpc) is 3.22. The van der Waals surface area contributed by atoms with Crippen LogP contribution in [0.2, 0.25) is 0 Å². The highest BCUT2D eigenvalue weighted by atomic mass is 19.3. The molecule has 0 unspecified atom stereocenters. The van der Waals surface area contributed by atoms with Crippen LogP contribution in [0.15, 0.2) is 24.3 Å². The van der Waals surface area contributed by atoms with Crippen molar-refractivity contribution in [1.82, 2.24) is 0 Å². The smallest absolute Gasteiger partial charge is 0.405 e. The molecule has 0 aliphatic heterocycles. The third-order valence-corrected chi connectivity index (χ3v) is 4.35. The van der Waals surface area contributed by atoms with Gasteiger partial charge < -0.3 is 15.2 Å². The molecule has 0 aromatic heterocycles. The number of nitrogens with two attached hydrogens (primary N) is 1. The van der Waals surface area contributed by atoms with Crippen LogP contribution in [0.25, 0.3) is 0 Å². The summed E-state index contributed by atoms with van der Waals surface area (Å²) in [6.45, 7) is 0. The Hall–Kier alpha value is -1.85. The van der Waals surface area contributed by atoms with E-state index in [1.165, 1.54) is 0 Å². The van der Waals surface area contributed by atoms with Crippen molar-refractivity contribution in [2.24, 2.45) is 5.73 Å². The maximum absolute atomic E-state index is 13.1. The molecule has 0 bridgehead atoms. The van der Waals surface area contributed by atoms with Gasteiger partial charge in [0.2, 0.25) is 5.92 Å². The van der Waals surface area contributed by atoms with Crippen LogP contribution in [0, 0.1) is 0 Å². The lowest BCUT2D eigenvalue weighted by Gasteiger charge is -2.28. The number of benzene rings is 1. The molecule has 1 amide bonds. The van der Waals surface area contributed by atoms with E-state index in [0.717, 1.165) is 18.4 Å². The maximum atomic E-state index is 13.1. The van der Waals surface area contributed by atoms with Crippen molar-refractivity contribution in [2.75, 3.05) is 0 Å². The average molecular weight is 311 g/mol. The van der Waals surface area contributed by atoms with Gasteiger partial charge in [-0.3, -0.25) is 0 Å². The molecule has 0 radical (unpaired) electrons. The van der Waals surface area contributed by atoms with Crippen LogP contribution in [-0.2, 0) is 10.3 Å². The van der Waals surface area contributed by atoms with Gasteiger partial charge in [-0.15, -0.1) is 0 Å². The van der Waals surface area contributed by atoms with Gasteiger partial charge in [0.1, 0.15) is 11.4 Å². The van der Waals surface area contributed by atoms with Crippen LogP contribution in [0.4, 0.5) is 13.6 Å². The molecule has 120 valence electrons.